The van der Waals surface area contributed by atoms with Crippen LogP contribution in [0, 0.1) is 0 Å². The van der Waals surface area contributed by atoms with Crippen LogP contribution in [0.2, 0.25) is 0 Å². The van der Waals surface area contributed by atoms with E-state index in [2.05, 4.69) is 0 Å². The molecule has 0 aromatic carbocycles. The van der Waals surface area contributed by atoms with Crippen LogP contribution in [0.15, 0.2) is 5.21 Å². The molecule has 84 valence electrons. The van der Waals surface area contributed by atoms with Crippen LogP contribution in [0.5, 0.6) is 0 Å². The number of hydrogen-bond acceptors (Lipinski definition) is 2. The van der Waals surface area contributed by atoms with Gasteiger partial charge >= 0.3 is 12.1 Å². The molecule has 0 N–H and O–H groups in total. The molecule has 0 spiro atoms. The lowest BCUT2D eigenvalue weighted by Crippen LogP contribution is -2.49. The summed E-state index contributed by atoms with van der Waals surface area (Å²) in [6.07, 6.45) is -5.76. The fourth-order valence-electron chi connectivity index (χ4n) is 0.315. The minimum atomic E-state index is -5.76. The summed E-state index contributed by atoms with van der Waals surface area (Å²) in [6.45, 7) is 0. The quantitative estimate of drug-likeness (QED) is 0.182. The summed E-state index contributed by atoms with van der Waals surface area (Å²) in [5, 5.41) is -7.29. The van der Waals surface area contributed by atoms with Crippen LogP contribution in [0.1, 0.15) is 0 Å². The smallest absolute Gasteiger partial charge is 0.159 e. The first-order chi connectivity index (χ1) is 6.25. The monoisotopic (exact) mass is 232 g/mol. The Morgan fingerprint density at radius 1 is 1.00 bits per heavy atom. The lowest BCUT2D eigenvalue weighted by Gasteiger charge is -2.22. The maximum absolute atomic E-state index is 12.0. The van der Waals surface area contributed by atoms with Gasteiger partial charge in [0.05, 0.1) is 0 Å². The van der Waals surface area contributed by atoms with E-state index in [9.17, 15) is 35.7 Å². The van der Waals surface area contributed by atoms with Crippen LogP contribution in [0.25, 0.3) is 0 Å². The number of nitrogens with zero attached hydrogens (tertiary/aromatic N) is 4. The van der Waals surface area contributed by atoms with Gasteiger partial charge in [0.1, 0.15) is 5.34 Å². The van der Waals surface area contributed by atoms with Gasteiger partial charge in [0.2, 0.25) is 0 Å². The molecule has 0 bridgehead atoms. The maximum atomic E-state index is 12.0. The van der Waals surface area contributed by atoms with Crippen LogP contribution >= 0.6 is 0 Å². The third-order valence-corrected chi connectivity index (χ3v) is 0.842. The average molecular weight is 232 g/mol. The lowest BCUT2D eigenvalue weighted by molar-refractivity contribution is -0.407. The number of alkyl halides is 2. The maximum Gasteiger partial charge on any atom is 0.474 e. The molecule has 0 amide bonds. The first kappa shape index (κ1) is 12.7. The third kappa shape index (κ3) is 2.34. The van der Waals surface area contributed by atoms with E-state index >= 15 is 0 Å². The summed E-state index contributed by atoms with van der Waals surface area (Å²) in [5.41, 5.74) is 0. The van der Waals surface area contributed by atoms with Gasteiger partial charge < -0.3 is 0 Å². The minimum Gasteiger partial charge on any atom is -0.159 e. The summed E-state index contributed by atoms with van der Waals surface area (Å²) >= 11 is 0. The fraction of sp³-hybridized carbons (Fsp3) is 0.500. The second-order valence-electron chi connectivity index (χ2n) is 1.64. The normalized spacial score (nSPS) is 13.4. The first-order valence-corrected chi connectivity index (χ1v) is 2.51. The van der Waals surface area contributed by atoms with Gasteiger partial charge in [0.25, 0.3) is 0 Å². The van der Waals surface area contributed by atoms with Gasteiger partial charge in [-0.15, -0.1) is 0 Å². The number of guanidine groups is 1. The SMILES string of the molecule is FN=C(N(F)F)N(F)C(F)(F)N(F)F. The predicted octanol–water partition coefficient (Wildman–Crippen LogP) is 2.11. The average Bonchev–Trinajstić information content (AvgIpc) is 2.04. The van der Waals surface area contributed by atoms with Gasteiger partial charge in [-0.2, -0.15) is 8.78 Å². The number of hydrogen-bond donors (Lipinski definition) is 0. The second-order valence-corrected chi connectivity index (χ2v) is 1.64. The molecule has 4 nitrogen and oxygen atoms in total. The Morgan fingerprint density at radius 2 is 1.43 bits per heavy atom. The molecule has 0 saturated carbocycles. The molecule has 0 aromatic heterocycles. The van der Waals surface area contributed by atoms with Gasteiger partial charge in [-0.25, -0.2) is 0 Å². The molecule has 0 aromatic rings. The minimum absolute atomic E-state index is 0.840. The predicted molar refractivity (Wildman–Crippen MR) is 24.5 cm³/mol. The highest BCUT2D eigenvalue weighted by molar-refractivity contribution is 5.76. The molecular weight excluding hydrogens is 232 g/mol. The zero-order chi connectivity index (χ0) is 11.5. The van der Waals surface area contributed by atoms with Crippen molar-refractivity contribution in [2.45, 2.75) is 6.17 Å². The first-order valence-electron chi connectivity index (χ1n) is 2.51. The standard InChI is InChI=1S/C2F8N4/c3-2(4,14(9)10)12(6)1(11-5)13(7)8. The Morgan fingerprint density at radius 3 is 1.64 bits per heavy atom. The fourth-order valence-corrected chi connectivity index (χ4v) is 0.315. The molecule has 0 heterocycles. The number of halogens is 8. The van der Waals surface area contributed by atoms with Crippen LogP contribution < -0.4 is 0 Å². The van der Waals surface area contributed by atoms with Crippen LogP contribution in [0.4, 0.5) is 35.7 Å². The third-order valence-electron chi connectivity index (χ3n) is 0.842. The molecule has 0 aliphatic heterocycles. The molecule has 0 saturated heterocycles. The van der Waals surface area contributed by atoms with Crippen LogP contribution in [-0.2, 0) is 0 Å². The van der Waals surface area contributed by atoms with Crippen molar-refractivity contribution >= 4 is 5.96 Å². The lowest BCUT2D eigenvalue weighted by atomic mass is 10.8. The zero-order valence-corrected chi connectivity index (χ0v) is 5.81. The van der Waals surface area contributed by atoms with Crippen LogP contribution in [0.3, 0.4) is 0 Å². The molecule has 0 rings (SSSR count). The van der Waals surface area contributed by atoms with E-state index in [0.717, 1.165) is 5.21 Å². The molecule has 0 aliphatic carbocycles. The van der Waals surface area contributed by atoms with Gasteiger partial charge in [-0.1, -0.05) is 32.0 Å². The van der Waals surface area contributed by atoms with E-state index in [0.29, 0.717) is 0 Å². The van der Waals surface area contributed by atoms with Gasteiger partial charge in [0.15, 0.2) is 0 Å². The van der Waals surface area contributed by atoms with Crippen molar-refractivity contribution in [1.29, 1.82) is 0 Å². The van der Waals surface area contributed by atoms with E-state index in [-0.39, 0.29) is 0 Å². The van der Waals surface area contributed by atoms with Crippen molar-refractivity contribution in [2.75, 3.05) is 0 Å². The second kappa shape index (κ2) is 4.26. The van der Waals surface area contributed by atoms with E-state index in [4.69, 9.17) is 0 Å². The summed E-state index contributed by atoms with van der Waals surface area (Å²) in [4.78, 5) is 0. The Labute approximate surface area is 70.2 Å². The van der Waals surface area contributed by atoms with Crippen LogP contribution in [-0.4, -0.2) is 27.9 Å². The summed E-state index contributed by atoms with van der Waals surface area (Å²) < 4.78 is 91.9. The molecule has 0 atom stereocenters. The number of rotatable bonds is 2. The Balaban J connectivity index is 4.84. The Bertz CT molecular complexity index is 213. The molecule has 0 fully saturated rings. The highest BCUT2D eigenvalue weighted by Gasteiger charge is 2.52. The Hall–Kier alpha value is -1.33. The molecule has 0 unspecified atom stereocenters. The van der Waals surface area contributed by atoms with Crippen molar-refractivity contribution in [2.24, 2.45) is 5.21 Å². The van der Waals surface area contributed by atoms with Crippen molar-refractivity contribution in [3.05, 3.63) is 0 Å². The largest absolute Gasteiger partial charge is 0.474 e. The molecule has 0 radical (unpaired) electrons. The summed E-state index contributed by atoms with van der Waals surface area (Å²) in [7, 11) is 0. The zero-order valence-electron chi connectivity index (χ0n) is 5.81. The molecule has 0 aliphatic rings. The van der Waals surface area contributed by atoms with Crippen molar-refractivity contribution in [1.82, 2.24) is 15.8 Å². The van der Waals surface area contributed by atoms with Crippen molar-refractivity contribution in [3.8, 4) is 0 Å². The molecular formula is C2F8N4. The van der Waals surface area contributed by atoms with E-state index in [1.54, 1.807) is 0 Å². The van der Waals surface area contributed by atoms with E-state index in [1.165, 1.54) is 0 Å². The van der Waals surface area contributed by atoms with Gasteiger partial charge in [-0.3, -0.25) is 0 Å². The summed E-state index contributed by atoms with van der Waals surface area (Å²) in [6, 6.07) is 0. The molecule has 14 heavy (non-hydrogen) atoms. The molecule has 12 heteroatoms. The van der Waals surface area contributed by atoms with Gasteiger partial charge in [-0.05, 0) is 5.21 Å². The van der Waals surface area contributed by atoms with Gasteiger partial charge in [0, 0.05) is 5.34 Å². The Kier molecular flexibility index (Phi) is 3.85. The van der Waals surface area contributed by atoms with E-state index < -0.39 is 27.9 Å². The van der Waals surface area contributed by atoms with Crippen molar-refractivity contribution in [3.63, 3.8) is 0 Å². The summed E-state index contributed by atoms with van der Waals surface area (Å²) in [5.74, 6) is -2.92. The highest BCUT2D eigenvalue weighted by atomic mass is 19.4. The van der Waals surface area contributed by atoms with Crippen molar-refractivity contribution < 1.29 is 35.7 Å². The topological polar surface area (TPSA) is 22.1 Å². The highest BCUT2D eigenvalue weighted by Crippen LogP contribution is 2.27. The van der Waals surface area contributed by atoms with E-state index in [1.807, 2.05) is 0 Å².